The Morgan fingerprint density at radius 1 is 1.50 bits per heavy atom. The van der Waals surface area contributed by atoms with Gasteiger partial charge in [-0.2, -0.15) is 8.42 Å². The highest BCUT2D eigenvalue weighted by atomic mass is 32.2. The fourth-order valence-corrected chi connectivity index (χ4v) is 2.84. The van der Waals surface area contributed by atoms with Crippen molar-refractivity contribution in [1.82, 2.24) is 9.29 Å². The highest BCUT2D eigenvalue weighted by Crippen LogP contribution is 2.20. The van der Waals surface area contributed by atoms with Crippen LogP contribution in [0, 0.1) is 0 Å². The van der Waals surface area contributed by atoms with E-state index in [9.17, 15) is 13.2 Å². The molecule has 1 aromatic rings. The van der Waals surface area contributed by atoms with Crippen LogP contribution < -0.4 is 0 Å². The molecule has 2 heterocycles. The Morgan fingerprint density at radius 3 is 2.78 bits per heavy atom. The molecule has 0 N–H and O–H groups in total. The van der Waals surface area contributed by atoms with E-state index < -0.39 is 16.2 Å². The highest BCUT2D eigenvalue weighted by Gasteiger charge is 2.31. The summed E-state index contributed by atoms with van der Waals surface area (Å²) in [5.41, 5.74) is 0.0289. The lowest BCUT2D eigenvalue weighted by molar-refractivity contribution is -0.137. The van der Waals surface area contributed by atoms with Crippen molar-refractivity contribution in [2.24, 2.45) is 4.40 Å². The smallest absolute Gasteiger partial charge is 0.355 e. The number of nitrogens with zero attached hydrogens (tertiary/aromatic N) is 3. The number of rotatable bonds is 2. The molecule has 7 nitrogen and oxygen atoms in total. The Hall–Kier alpha value is -1.74. The first-order chi connectivity index (χ1) is 8.45. The maximum Gasteiger partial charge on any atom is 0.355 e. The molecule has 0 radical (unpaired) electrons. The summed E-state index contributed by atoms with van der Waals surface area (Å²) in [5.74, 6) is -0.745. The molecule has 0 aliphatic carbocycles. The number of methoxy groups -OCH3 is 1. The van der Waals surface area contributed by atoms with Crippen LogP contribution in [0.4, 0.5) is 0 Å². The molecular formula is C9H9N3O4S2. The van der Waals surface area contributed by atoms with E-state index in [1.807, 2.05) is 0 Å². The number of esters is 1. The molecule has 0 unspecified atom stereocenters. The van der Waals surface area contributed by atoms with Gasteiger partial charge >= 0.3 is 16.2 Å². The summed E-state index contributed by atoms with van der Waals surface area (Å²) in [6.07, 6.45) is 2.87. The molecule has 1 aromatic heterocycles. The Balaban J connectivity index is 2.55. The molecule has 0 amide bonds. The van der Waals surface area contributed by atoms with Gasteiger partial charge in [0.1, 0.15) is 16.4 Å². The molecule has 18 heavy (non-hydrogen) atoms. The van der Waals surface area contributed by atoms with E-state index in [2.05, 4.69) is 14.1 Å². The summed E-state index contributed by atoms with van der Waals surface area (Å²) in [6, 6.07) is 0. The molecule has 0 aromatic carbocycles. The van der Waals surface area contributed by atoms with E-state index in [-0.39, 0.29) is 11.4 Å². The Morgan fingerprint density at radius 2 is 2.22 bits per heavy atom. The molecule has 9 heteroatoms. The van der Waals surface area contributed by atoms with Crippen LogP contribution in [0.25, 0.3) is 0 Å². The lowest BCUT2D eigenvalue weighted by Crippen LogP contribution is -2.33. The molecule has 0 fully saturated rings. The first-order valence-corrected chi connectivity index (χ1v) is 7.02. The second kappa shape index (κ2) is 4.50. The fourth-order valence-electron chi connectivity index (χ4n) is 1.30. The minimum absolute atomic E-state index is 0.0994. The van der Waals surface area contributed by atoms with Gasteiger partial charge in [-0.1, -0.05) is 0 Å². The van der Waals surface area contributed by atoms with Gasteiger partial charge in [0.15, 0.2) is 0 Å². The minimum atomic E-state index is -3.92. The average molecular weight is 287 g/mol. The summed E-state index contributed by atoms with van der Waals surface area (Å²) in [4.78, 5) is 15.5. The van der Waals surface area contributed by atoms with Gasteiger partial charge in [-0.25, -0.2) is 14.1 Å². The molecule has 1 aliphatic heterocycles. The molecule has 2 rings (SSSR count). The molecule has 0 saturated carbocycles. The zero-order chi connectivity index (χ0) is 13.3. The number of likely N-dealkylation sites (N-methyl/N-ethyl adjacent to an activating group) is 1. The van der Waals surface area contributed by atoms with Crippen LogP contribution in [-0.2, 0) is 19.7 Å². The van der Waals surface area contributed by atoms with Gasteiger partial charge in [0.05, 0.1) is 7.11 Å². The Bertz CT molecular complexity index is 631. The Labute approximate surface area is 108 Å². The van der Waals surface area contributed by atoms with E-state index in [0.29, 0.717) is 5.01 Å². The number of carbonyl (C=O) groups excluding carboxylic acids is 1. The summed E-state index contributed by atoms with van der Waals surface area (Å²) in [7, 11) is -1.51. The van der Waals surface area contributed by atoms with E-state index in [1.165, 1.54) is 37.8 Å². The van der Waals surface area contributed by atoms with Gasteiger partial charge in [-0.05, 0) is 6.08 Å². The van der Waals surface area contributed by atoms with E-state index in [1.54, 1.807) is 5.38 Å². The number of aromatic nitrogens is 1. The van der Waals surface area contributed by atoms with Crippen molar-refractivity contribution in [3.05, 3.63) is 28.4 Å². The van der Waals surface area contributed by atoms with Crippen molar-refractivity contribution in [3.63, 3.8) is 0 Å². The second-order valence-electron chi connectivity index (χ2n) is 3.28. The highest BCUT2D eigenvalue weighted by molar-refractivity contribution is 7.88. The Kier molecular flexibility index (Phi) is 3.18. The molecule has 0 atom stereocenters. The topological polar surface area (TPSA) is 88.9 Å². The lowest BCUT2D eigenvalue weighted by atomic mass is 10.3. The van der Waals surface area contributed by atoms with Crippen LogP contribution in [0.1, 0.15) is 5.01 Å². The summed E-state index contributed by atoms with van der Waals surface area (Å²) < 4.78 is 32.5. The van der Waals surface area contributed by atoms with Crippen LogP contribution in [0.3, 0.4) is 0 Å². The van der Waals surface area contributed by atoms with Crippen LogP contribution in [0.5, 0.6) is 0 Å². The van der Waals surface area contributed by atoms with E-state index in [0.717, 1.165) is 4.31 Å². The zero-order valence-corrected chi connectivity index (χ0v) is 11.2. The van der Waals surface area contributed by atoms with Gasteiger partial charge in [-0.3, -0.25) is 0 Å². The predicted molar refractivity (Wildman–Crippen MR) is 65.4 cm³/mol. The fraction of sp³-hybridized carbons (Fsp3) is 0.222. The number of ether oxygens (including phenoxy) is 1. The zero-order valence-electron chi connectivity index (χ0n) is 9.52. The SMILES string of the molecule is COC(=O)C1=CC(c2nccs2)=NS(=O)(=O)N1C. The maximum absolute atomic E-state index is 11.8. The van der Waals surface area contributed by atoms with Gasteiger partial charge in [0.2, 0.25) is 0 Å². The van der Waals surface area contributed by atoms with Crippen LogP contribution >= 0.6 is 11.3 Å². The normalized spacial score (nSPS) is 18.0. The van der Waals surface area contributed by atoms with Crippen molar-refractivity contribution in [1.29, 1.82) is 0 Å². The molecule has 96 valence electrons. The van der Waals surface area contributed by atoms with Gasteiger partial charge in [-0.15, -0.1) is 15.7 Å². The standard InChI is InChI=1S/C9H9N3O4S2/c1-12-7(9(13)16-2)5-6(11-18(12,14)15)8-10-3-4-17-8/h3-5H,1-2H3. The molecule has 0 saturated heterocycles. The van der Waals surface area contributed by atoms with Gasteiger partial charge in [0, 0.05) is 18.6 Å². The number of allylic oxidation sites excluding steroid dienone is 1. The number of hydrogen-bond donors (Lipinski definition) is 0. The number of thiazole rings is 1. The van der Waals surface area contributed by atoms with Crippen LogP contribution in [0.15, 0.2) is 27.7 Å². The first kappa shape index (κ1) is 12.7. The third kappa shape index (κ3) is 2.14. The molecule has 0 spiro atoms. The van der Waals surface area contributed by atoms with Gasteiger partial charge in [0.25, 0.3) is 0 Å². The van der Waals surface area contributed by atoms with Crippen LogP contribution in [-0.4, -0.2) is 43.5 Å². The van der Waals surface area contributed by atoms with Crippen molar-refractivity contribution < 1.29 is 17.9 Å². The second-order valence-corrected chi connectivity index (χ2v) is 5.80. The van der Waals surface area contributed by atoms with Crippen molar-refractivity contribution >= 4 is 33.2 Å². The third-order valence-corrected chi connectivity index (χ3v) is 4.33. The van der Waals surface area contributed by atoms with E-state index in [4.69, 9.17) is 0 Å². The summed E-state index contributed by atoms with van der Waals surface area (Å²) in [5, 5.41) is 2.11. The maximum atomic E-state index is 11.8. The quantitative estimate of drug-likeness (QED) is 0.724. The predicted octanol–water partition coefficient (Wildman–Crippen LogP) is 0.179. The third-order valence-electron chi connectivity index (χ3n) is 2.22. The largest absolute Gasteiger partial charge is 0.464 e. The number of carbonyl (C=O) groups is 1. The van der Waals surface area contributed by atoms with Crippen LogP contribution in [0.2, 0.25) is 0 Å². The molecule has 1 aliphatic rings. The molecule has 0 bridgehead atoms. The summed E-state index contributed by atoms with van der Waals surface area (Å²) >= 11 is 1.23. The van der Waals surface area contributed by atoms with Crippen molar-refractivity contribution in [3.8, 4) is 0 Å². The lowest BCUT2D eigenvalue weighted by Gasteiger charge is -2.21. The average Bonchev–Trinajstić information content (AvgIpc) is 2.85. The summed E-state index contributed by atoms with van der Waals surface area (Å²) in [6.45, 7) is 0. The minimum Gasteiger partial charge on any atom is -0.464 e. The van der Waals surface area contributed by atoms with E-state index >= 15 is 0 Å². The monoisotopic (exact) mass is 287 g/mol. The number of hydrogen-bond acceptors (Lipinski definition) is 6. The molecular weight excluding hydrogens is 278 g/mol. The van der Waals surface area contributed by atoms with Crippen molar-refractivity contribution in [2.45, 2.75) is 0 Å². The first-order valence-electron chi connectivity index (χ1n) is 4.74. The van der Waals surface area contributed by atoms with Crippen molar-refractivity contribution in [2.75, 3.05) is 14.2 Å². The van der Waals surface area contributed by atoms with Gasteiger partial charge < -0.3 is 4.74 Å².